The Morgan fingerprint density at radius 3 is 1.23 bits per heavy atom. The average molecular weight is 901 g/mol. The summed E-state index contributed by atoms with van der Waals surface area (Å²) >= 11 is 0. The minimum absolute atomic E-state index is 0.0144. The van der Waals surface area contributed by atoms with Gasteiger partial charge in [-0.2, -0.15) is 35.1 Å². The van der Waals surface area contributed by atoms with Gasteiger partial charge in [0.05, 0.1) is 10.8 Å². The van der Waals surface area contributed by atoms with Crippen LogP contribution in [0.15, 0.2) is 0 Å². The third-order valence-corrected chi connectivity index (χ3v) is 16.2. The number of esters is 2. The van der Waals surface area contributed by atoms with Crippen molar-refractivity contribution in [2.24, 2.45) is 52.3 Å². The van der Waals surface area contributed by atoms with Gasteiger partial charge in [-0.05, 0) is 94.3 Å². The van der Waals surface area contributed by atoms with Gasteiger partial charge >= 0.3 is 35.6 Å². The van der Waals surface area contributed by atoms with Crippen LogP contribution in [0.4, 0.5) is 35.1 Å². The monoisotopic (exact) mass is 900 g/mol. The maximum atomic E-state index is 14.2. The molecule has 6 bridgehead atoms. The molecule has 62 heavy (non-hydrogen) atoms. The Morgan fingerprint density at radius 2 is 0.823 bits per heavy atom. The summed E-state index contributed by atoms with van der Waals surface area (Å²) in [4.78, 5) is 28.5. The summed E-state index contributed by atoms with van der Waals surface area (Å²) in [6, 6.07) is 0. The molecule has 6 aliphatic carbocycles. The van der Waals surface area contributed by atoms with Crippen LogP contribution in [-0.2, 0) is 47.5 Å². The Hall–Kier alpha value is -1.86. The lowest BCUT2D eigenvalue weighted by atomic mass is 9.58. The van der Waals surface area contributed by atoms with E-state index in [1.54, 1.807) is 0 Å². The zero-order valence-corrected chi connectivity index (χ0v) is 35.0. The van der Waals surface area contributed by atoms with Gasteiger partial charge in [0.2, 0.25) is 0 Å². The molecule has 0 radical (unpaired) electrons. The van der Waals surface area contributed by atoms with Crippen LogP contribution in [0, 0.1) is 52.3 Å². The fourth-order valence-corrected chi connectivity index (χ4v) is 13.2. The molecule has 10 nitrogen and oxygen atoms in total. The SMILES string of the molecule is O=C(OCC1OC(C2CC3CCCC(C3)C2)OC1COC(=O)C12CCCC(CC(C3OCC(F)(F)C(F)(F)CO3)C1)C2)C12CCCC(CC(C3OCC(F)(F)C(F)(F)CO3)C1)C2. The van der Waals surface area contributed by atoms with E-state index in [0.717, 1.165) is 51.4 Å². The van der Waals surface area contributed by atoms with E-state index in [0.29, 0.717) is 50.4 Å². The minimum atomic E-state index is -4.40. The van der Waals surface area contributed by atoms with Gasteiger partial charge < -0.3 is 37.9 Å². The average Bonchev–Trinajstić information content (AvgIpc) is 3.54. The fraction of sp³-hybridized carbons (Fsp3) is 0.955. The molecule has 3 aliphatic heterocycles. The Balaban J connectivity index is 0.872. The van der Waals surface area contributed by atoms with Crippen molar-refractivity contribution in [1.29, 1.82) is 0 Å². The van der Waals surface area contributed by atoms with Gasteiger partial charge in [-0.3, -0.25) is 9.59 Å². The number of hydrogen-bond donors (Lipinski definition) is 0. The summed E-state index contributed by atoms with van der Waals surface area (Å²) in [5.74, 6) is -18.5. The lowest BCUT2D eigenvalue weighted by Gasteiger charge is -2.48. The molecule has 0 amide bonds. The molecular formula is C44H60F8O10. The summed E-state index contributed by atoms with van der Waals surface area (Å²) in [7, 11) is 0. The number of hydrogen-bond acceptors (Lipinski definition) is 10. The molecule has 9 rings (SSSR count). The molecule has 352 valence electrons. The van der Waals surface area contributed by atoms with Crippen LogP contribution in [0.2, 0.25) is 0 Å². The highest BCUT2D eigenvalue weighted by Crippen LogP contribution is 2.56. The number of alkyl halides is 8. The highest BCUT2D eigenvalue weighted by atomic mass is 19.3. The van der Waals surface area contributed by atoms with E-state index in [4.69, 9.17) is 37.9 Å². The van der Waals surface area contributed by atoms with E-state index in [2.05, 4.69) is 0 Å². The van der Waals surface area contributed by atoms with Crippen molar-refractivity contribution < 1.29 is 82.6 Å². The topological polar surface area (TPSA) is 108 Å². The number of rotatable bonds is 9. The van der Waals surface area contributed by atoms with E-state index >= 15 is 0 Å². The number of ether oxygens (including phenoxy) is 8. The molecule has 0 aromatic carbocycles. The maximum absolute atomic E-state index is 14.2. The van der Waals surface area contributed by atoms with Crippen LogP contribution in [0.25, 0.3) is 0 Å². The van der Waals surface area contributed by atoms with E-state index in [-0.39, 0.29) is 43.8 Å². The normalized spacial score (nSPS) is 44.1. The number of halogens is 8. The second kappa shape index (κ2) is 17.1. The van der Waals surface area contributed by atoms with Crippen molar-refractivity contribution >= 4 is 11.9 Å². The number of fused-ring (bicyclic) bond motifs is 6. The second-order valence-corrected chi connectivity index (χ2v) is 20.7. The molecule has 3 heterocycles. The molecule has 0 aromatic rings. The largest absolute Gasteiger partial charge is 0.462 e. The lowest BCUT2D eigenvalue weighted by Crippen LogP contribution is -2.48. The molecule has 3 saturated heterocycles. The smallest absolute Gasteiger partial charge is 0.335 e. The Kier molecular flexibility index (Phi) is 12.5. The molecule has 18 heteroatoms. The van der Waals surface area contributed by atoms with Crippen LogP contribution in [0.1, 0.15) is 116 Å². The van der Waals surface area contributed by atoms with Crippen LogP contribution in [-0.4, -0.2) is 106 Å². The first-order valence-electron chi connectivity index (χ1n) is 23.0. The molecule has 9 fully saturated rings. The number of carbonyl (C=O) groups excluding carboxylic acids is 2. The third kappa shape index (κ3) is 8.89. The molecule has 10 atom stereocenters. The molecule has 9 aliphatic rings. The van der Waals surface area contributed by atoms with Crippen molar-refractivity contribution in [2.75, 3.05) is 39.6 Å². The minimum Gasteiger partial charge on any atom is -0.462 e. The van der Waals surface area contributed by atoms with Gasteiger partial charge in [-0.25, -0.2) is 0 Å². The van der Waals surface area contributed by atoms with Gasteiger partial charge in [0.15, 0.2) is 18.9 Å². The van der Waals surface area contributed by atoms with Gasteiger partial charge in [-0.1, -0.05) is 44.9 Å². The quantitative estimate of drug-likeness (QED) is 0.165. The summed E-state index contributed by atoms with van der Waals surface area (Å²) < 4.78 is 160. The Labute approximate surface area is 356 Å². The van der Waals surface area contributed by atoms with Crippen molar-refractivity contribution in [2.45, 2.75) is 170 Å². The van der Waals surface area contributed by atoms with Gasteiger partial charge in [-0.15, -0.1) is 0 Å². The fourth-order valence-electron chi connectivity index (χ4n) is 13.2. The van der Waals surface area contributed by atoms with Crippen molar-refractivity contribution in [3.05, 3.63) is 0 Å². The van der Waals surface area contributed by atoms with Gasteiger partial charge in [0.1, 0.15) is 51.8 Å². The highest BCUT2D eigenvalue weighted by molar-refractivity contribution is 5.78. The molecular weight excluding hydrogens is 840 g/mol. The zero-order chi connectivity index (χ0) is 43.7. The summed E-state index contributed by atoms with van der Waals surface area (Å²) in [5, 5.41) is 0. The second-order valence-electron chi connectivity index (χ2n) is 20.7. The molecule has 0 spiro atoms. The zero-order valence-electron chi connectivity index (χ0n) is 35.0. The van der Waals surface area contributed by atoms with Crippen LogP contribution in [0.5, 0.6) is 0 Å². The first-order valence-corrected chi connectivity index (χ1v) is 23.0. The van der Waals surface area contributed by atoms with Crippen molar-refractivity contribution in [1.82, 2.24) is 0 Å². The van der Waals surface area contributed by atoms with E-state index in [1.165, 1.54) is 12.8 Å². The summed E-state index contributed by atoms with van der Waals surface area (Å²) in [6.45, 7) is -6.41. The van der Waals surface area contributed by atoms with E-state index in [9.17, 15) is 44.7 Å². The molecule has 6 saturated carbocycles. The van der Waals surface area contributed by atoms with E-state index < -0.39 is 116 Å². The number of carbonyl (C=O) groups is 2. The molecule has 0 N–H and O–H groups in total. The highest BCUT2D eigenvalue weighted by Gasteiger charge is 2.62. The first kappa shape index (κ1) is 45.3. The first-order chi connectivity index (χ1) is 29.3. The van der Waals surface area contributed by atoms with Crippen LogP contribution in [0.3, 0.4) is 0 Å². The third-order valence-electron chi connectivity index (χ3n) is 16.2. The standard InChI is InChI=1S/C44H60F8O10/c45-41(46)21-57-34(58-22-42(41,47)48)30-13-27-6-2-8-39(15-27,17-30)37(53)55-19-32-33(62-36(61-32)29-11-25-4-1-5-26(10-25)12-29)20-56-38(54)40-9-3-7-28(16-40)14-31(18-40)35-59-23-43(49,50)44(51,52)24-60-35/h25-36H,1-24H2. The van der Waals surface area contributed by atoms with E-state index in [1.807, 2.05) is 0 Å². The van der Waals surface area contributed by atoms with Crippen LogP contribution >= 0.6 is 0 Å². The predicted octanol–water partition coefficient (Wildman–Crippen LogP) is 8.86. The Morgan fingerprint density at radius 1 is 0.452 bits per heavy atom. The summed E-state index contributed by atoms with van der Waals surface area (Å²) in [5.41, 5.74) is -2.02. The maximum Gasteiger partial charge on any atom is 0.335 e. The van der Waals surface area contributed by atoms with Crippen molar-refractivity contribution in [3.63, 3.8) is 0 Å². The Bertz CT molecular complexity index is 1490. The van der Waals surface area contributed by atoms with Gasteiger partial charge in [0.25, 0.3) is 0 Å². The lowest BCUT2D eigenvalue weighted by molar-refractivity contribution is -0.222. The molecule has 0 aromatic heterocycles. The molecule has 10 unspecified atom stereocenters. The van der Waals surface area contributed by atoms with Crippen LogP contribution < -0.4 is 0 Å². The van der Waals surface area contributed by atoms with Gasteiger partial charge in [0, 0.05) is 17.8 Å². The summed E-state index contributed by atoms with van der Waals surface area (Å²) in [6.07, 6.45) is 7.75. The van der Waals surface area contributed by atoms with Crippen molar-refractivity contribution in [3.8, 4) is 0 Å². The predicted molar refractivity (Wildman–Crippen MR) is 199 cm³/mol.